The van der Waals surface area contributed by atoms with Crippen LogP contribution in [0.1, 0.15) is 12.2 Å². The van der Waals surface area contributed by atoms with Crippen LogP contribution in [0.5, 0.6) is 0 Å². The second kappa shape index (κ2) is 7.13. The van der Waals surface area contributed by atoms with Gasteiger partial charge in [-0.05, 0) is 18.6 Å². The molecule has 0 atom stereocenters. The Kier molecular flexibility index (Phi) is 5.64. The van der Waals surface area contributed by atoms with Crippen molar-refractivity contribution in [1.82, 2.24) is 25.8 Å². The molecular weight excluding hydrogens is 214 g/mol. The molecule has 3 N–H and O–H groups in total. The van der Waals surface area contributed by atoms with Crippen LogP contribution in [-0.4, -0.2) is 40.6 Å². The summed E-state index contributed by atoms with van der Waals surface area (Å²) < 4.78 is 4.92. The smallest absolute Gasteiger partial charge is 0.166 e. The second-order valence-electron chi connectivity index (χ2n) is 2.89. The summed E-state index contributed by atoms with van der Waals surface area (Å²) in [5.74, 6) is 0.760. The van der Waals surface area contributed by atoms with E-state index < -0.39 is 0 Å². The number of H-pyrrole nitrogens is 1. The molecule has 0 bridgehead atoms. The van der Waals surface area contributed by atoms with Crippen molar-refractivity contribution in [3.8, 4) is 0 Å². The Morgan fingerprint density at radius 1 is 1.60 bits per heavy atom. The first-order chi connectivity index (χ1) is 7.33. The molecule has 84 valence electrons. The fraction of sp³-hybridized carbons (Fsp3) is 0.625. The molecule has 0 aromatic carbocycles. The zero-order valence-corrected chi connectivity index (χ0v) is 9.43. The highest BCUT2D eigenvalue weighted by molar-refractivity contribution is 7.80. The molecule has 1 rings (SSSR count). The number of aromatic amines is 1. The van der Waals surface area contributed by atoms with E-state index in [4.69, 9.17) is 17.0 Å². The zero-order valence-electron chi connectivity index (χ0n) is 8.62. The highest BCUT2D eigenvalue weighted by Gasteiger charge is 1.97. The Bertz CT molecular complexity index is 277. The number of rotatable bonds is 6. The van der Waals surface area contributed by atoms with Gasteiger partial charge >= 0.3 is 0 Å². The van der Waals surface area contributed by atoms with Crippen molar-refractivity contribution < 1.29 is 4.74 Å². The molecule has 1 heterocycles. The van der Waals surface area contributed by atoms with Gasteiger partial charge < -0.3 is 15.4 Å². The van der Waals surface area contributed by atoms with Gasteiger partial charge in [0.2, 0.25) is 0 Å². The van der Waals surface area contributed by atoms with Crippen molar-refractivity contribution in [3.05, 3.63) is 12.2 Å². The van der Waals surface area contributed by atoms with Crippen LogP contribution in [0.4, 0.5) is 0 Å². The number of hydrogen-bond donors (Lipinski definition) is 3. The molecule has 0 radical (unpaired) electrons. The van der Waals surface area contributed by atoms with E-state index in [9.17, 15) is 0 Å². The van der Waals surface area contributed by atoms with Crippen LogP contribution < -0.4 is 10.6 Å². The molecule has 15 heavy (non-hydrogen) atoms. The molecule has 7 heteroatoms. The summed E-state index contributed by atoms with van der Waals surface area (Å²) in [6, 6.07) is 0. The predicted molar refractivity (Wildman–Crippen MR) is 60.3 cm³/mol. The third-order valence-electron chi connectivity index (χ3n) is 1.69. The molecule has 0 unspecified atom stereocenters. The van der Waals surface area contributed by atoms with E-state index in [1.54, 1.807) is 7.11 Å². The predicted octanol–water partition coefficient (Wildman–Crippen LogP) is -0.195. The SMILES string of the molecule is COCCCNC(=S)NCc1ncn[nH]1. The lowest BCUT2D eigenvalue weighted by Gasteiger charge is -2.08. The molecule has 0 amide bonds. The summed E-state index contributed by atoms with van der Waals surface area (Å²) in [7, 11) is 1.68. The van der Waals surface area contributed by atoms with Gasteiger partial charge in [-0.3, -0.25) is 5.10 Å². The highest BCUT2D eigenvalue weighted by Crippen LogP contribution is 1.83. The maximum absolute atomic E-state index is 5.05. The van der Waals surface area contributed by atoms with Crippen molar-refractivity contribution in [1.29, 1.82) is 0 Å². The number of hydrogen-bond acceptors (Lipinski definition) is 4. The Balaban J connectivity index is 2.04. The van der Waals surface area contributed by atoms with Gasteiger partial charge in [0.1, 0.15) is 12.2 Å². The third-order valence-corrected chi connectivity index (χ3v) is 1.98. The van der Waals surface area contributed by atoms with Crippen LogP contribution >= 0.6 is 12.2 Å². The van der Waals surface area contributed by atoms with E-state index >= 15 is 0 Å². The molecule has 0 aliphatic rings. The Morgan fingerprint density at radius 3 is 3.13 bits per heavy atom. The van der Waals surface area contributed by atoms with E-state index in [1.807, 2.05) is 0 Å². The number of nitrogens with one attached hydrogen (secondary N) is 3. The van der Waals surface area contributed by atoms with Gasteiger partial charge in [-0.2, -0.15) is 5.10 Å². The molecule has 0 aliphatic heterocycles. The lowest BCUT2D eigenvalue weighted by molar-refractivity contribution is 0.195. The van der Waals surface area contributed by atoms with Crippen molar-refractivity contribution in [3.63, 3.8) is 0 Å². The van der Waals surface area contributed by atoms with Gasteiger partial charge in [-0.1, -0.05) is 0 Å². The lowest BCUT2D eigenvalue weighted by Crippen LogP contribution is -2.35. The minimum atomic E-state index is 0.552. The van der Waals surface area contributed by atoms with Gasteiger partial charge in [0.25, 0.3) is 0 Å². The van der Waals surface area contributed by atoms with Crippen molar-refractivity contribution >= 4 is 17.3 Å². The van der Waals surface area contributed by atoms with E-state index in [0.717, 1.165) is 25.4 Å². The highest BCUT2D eigenvalue weighted by atomic mass is 32.1. The minimum absolute atomic E-state index is 0.552. The Labute approximate surface area is 93.8 Å². The van der Waals surface area contributed by atoms with Crippen LogP contribution in [0.25, 0.3) is 0 Å². The molecule has 0 aliphatic carbocycles. The Morgan fingerprint density at radius 2 is 2.47 bits per heavy atom. The van der Waals surface area contributed by atoms with E-state index in [1.165, 1.54) is 6.33 Å². The summed E-state index contributed by atoms with van der Waals surface area (Å²) in [5, 5.41) is 13.1. The molecule has 0 saturated carbocycles. The average Bonchev–Trinajstić information content (AvgIpc) is 2.74. The van der Waals surface area contributed by atoms with Crippen LogP contribution in [0, 0.1) is 0 Å². The first kappa shape index (κ1) is 11.9. The first-order valence-electron chi connectivity index (χ1n) is 4.68. The van der Waals surface area contributed by atoms with Gasteiger partial charge in [-0.15, -0.1) is 0 Å². The fourth-order valence-electron chi connectivity index (χ4n) is 0.961. The third kappa shape index (κ3) is 5.28. The standard InChI is InChI=1S/C8H15N5OS/c1-14-4-2-3-9-8(15)10-5-7-11-6-12-13-7/h6H,2-5H2,1H3,(H2,9,10,15)(H,11,12,13). The number of ether oxygens (including phenoxy) is 1. The quantitative estimate of drug-likeness (QED) is 0.463. The summed E-state index contributed by atoms with van der Waals surface area (Å²) in [6.07, 6.45) is 2.40. The van der Waals surface area contributed by atoms with Crippen LogP contribution in [-0.2, 0) is 11.3 Å². The first-order valence-corrected chi connectivity index (χ1v) is 5.08. The van der Waals surface area contributed by atoms with Crippen molar-refractivity contribution in [2.75, 3.05) is 20.3 Å². The largest absolute Gasteiger partial charge is 0.385 e. The molecule has 0 spiro atoms. The molecule has 1 aromatic rings. The van der Waals surface area contributed by atoms with Crippen LogP contribution in [0.2, 0.25) is 0 Å². The second-order valence-corrected chi connectivity index (χ2v) is 3.30. The average molecular weight is 229 g/mol. The molecule has 6 nitrogen and oxygen atoms in total. The monoisotopic (exact) mass is 229 g/mol. The lowest BCUT2D eigenvalue weighted by atomic mass is 10.4. The molecular formula is C8H15N5OS. The fourth-order valence-corrected chi connectivity index (χ4v) is 1.14. The van der Waals surface area contributed by atoms with E-state index in [-0.39, 0.29) is 0 Å². The Hall–Kier alpha value is -1.21. The van der Waals surface area contributed by atoms with Gasteiger partial charge in [0.15, 0.2) is 5.11 Å². The van der Waals surface area contributed by atoms with Gasteiger partial charge in [0.05, 0.1) is 6.54 Å². The minimum Gasteiger partial charge on any atom is -0.385 e. The van der Waals surface area contributed by atoms with Crippen molar-refractivity contribution in [2.45, 2.75) is 13.0 Å². The topological polar surface area (TPSA) is 74.9 Å². The molecule has 0 saturated heterocycles. The van der Waals surface area contributed by atoms with Crippen LogP contribution in [0.3, 0.4) is 0 Å². The maximum Gasteiger partial charge on any atom is 0.166 e. The number of nitrogens with zero attached hydrogens (tertiary/aromatic N) is 2. The van der Waals surface area contributed by atoms with Gasteiger partial charge in [-0.25, -0.2) is 4.98 Å². The number of thiocarbonyl (C=S) groups is 1. The number of aromatic nitrogens is 3. The normalized spacial score (nSPS) is 9.93. The summed E-state index contributed by atoms with van der Waals surface area (Å²) in [6.45, 7) is 2.09. The van der Waals surface area contributed by atoms with Gasteiger partial charge in [0, 0.05) is 20.3 Å². The zero-order chi connectivity index (χ0) is 10.9. The van der Waals surface area contributed by atoms with E-state index in [2.05, 4.69) is 25.8 Å². The van der Waals surface area contributed by atoms with E-state index in [0.29, 0.717) is 11.7 Å². The number of methoxy groups -OCH3 is 1. The molecule has 0 fully saturated rings. The maximum atomic E-state index is 5.05. The summed E-state index contributed by atoms with van der Waals surface area (Å²) >= 11 is 5.05. The summed E-state index contributed by atoms with van der Waals surface area (Å²) in [5.41, 5.74) is 0. The molecule has 1 aromatic heterocycles. The summed E-state index contributed by atoms with van der Waals surface area (Å²) in [4.78, 5) is 3.96. The van der Waals surface area contributed by atoms with Crippen molar-refractivity contribution in [2.24, 2.45) is 0 Å². The van der Waals surface area contributed by atoms with Crippen LogP contribution in [0.15, 0.2) is 6.33 Å².